The second-order valence-electron chi connectivity index (χ2n) is 7.89. The summed E-state index contributed by atoms with van der Waals surface area (Å²) in [5, 5.41) is 11.4. The van der Waals surface area contributed by atoms with Gasteiger partial charge in [0, 0.05) is 55.6 Å². The number of hydrogen-bond donors (Lipinski definition) is 2. The van der Waals surface area contributed by atoms with Crippen LogP contribution in [0.5, 0.6) is 11.5 Å². The Bertz CT molecular complexity index is 1020. The lowest BCUT2D eigenvalue weighted by atomic mass is 10.1. The summed E-state index contributed by atoms with van der Waals surface area (Å²) in [6.07, 6.45) is 6.80. The second kappa shape index (κ2) is 9.25. The van der Waals surface area contributed by atoms with Crippen molar-refractivity contribution >= 4 is 29.4 Å². The Labute approximate surface area is 186 Å². The van der Waals surface area contributed by atoms with Crippen LogP contribution in [0.2, 0.25) is 0 Å². The van der Waals surface area contributed by atoms with Gasteiger partial charge in [0.05, 0.1) is 14.2 Å². The Morgan fingerprint density at radius 2 is 1.78 bits per heavy atom. The van der Waals surface area contributed by atoms with Crippen LogP contribution in [-0.4, -0.2) is 73.9 Å². The first-order chi connectivity index (χ1) is 15.5. The zero-order chi connectivity index (χ0) is 22.7. The monoisotopic (exact) mass is 437 g/mol. The van der Waals surface area contributed by atoms with E-state index in [0.717, 1.165) is 24.1 Å². The molecule has 9 nitrogen and oxygen atoms in total. The largest absolute Gasteiger partial charge is 0.493 e. The molecule has 1 aromatic carbocycles. The van der Waals surface area contributed by atoms with Crippen molar-refractivity contribution in [3.63, 3.8) is 0 Å². The summed E-state index contributed by atoms with van der Waals surface area (Å²) >= 11 is 0. The highest BCUT2D eigenvalue weighted by atomic mass is 16.5. The maximum absolute atomic E-state index is 12.7. The van der Waals surface area contributed by atoms with Gasteiger partial charge >= 0.3 is 0 Å². The molecule has 32 heavy (non-hydrogen) atoms. The molecule has 0 atom stereocenters. The van der Waals surface area contributed by atoms with Crippen LogP contribution in [-0.2, 0) is 9.59 Å². The van der Waals surface area contributed by atoms with Crippen LogP contribution < -0.4 is 14.8 Å². The Balaban J connectivity index is 1.37. The third-order valence-electron chi connectivity index (χ3n) is 5.73. The lowest BCUT2D eigenvalue weighted by Gasteiger charge is -2.34. The fourth-order valence-electron chi connectivity index (χ4n) is 3.74. The minimum Gasteiger partial charge on any atom is -0.493 e. The number of benzene rings is 1. The average Bonchev–Trinajstić information content (AvgIpc) is 3.68. The lowest BCUT2D eigenvalue weighted by molar-refractivity contribution is -0.137. The van der Waals surface area contributed by atoms with Crippen molar-refractivity contribution in [1.29, 1.82) is 5.41 Å². The van der Waals surface area contributed by atoms with Gasteiger partial charge in [-0.3, -0.25) is 15.0 Å². The number of allylic oxidation sites excluding steroid dienone is 1. The van der Waals surface area contributed by atoms with Gasteiger partial charge in [-0.05, 0) is 37.1 Å². The first-order valence-corrected chi connectivity index (χ1v) is 10.6. The standard InChI is InChI=1S/C23H27N5O4/c1-31-19-6-5-16(13-20(19)32-2)18-7-8-25-21(26-18)14-17(24)23(30)28-11-9-27(10-12-28)22(29)15-3-4-15/h5-8,13-15,24,26H,3-4,9-12H2,1-2H3/b21-14-,24-17?. The topological polar surface area (TPSA) is 107 Å². The van der Waals surface area contributed by atoms with Crippen molar-refractivity contribution < 1.29 is 19.1 Å². The molecular formula is C23H27N5O4. The molecule has 2 fully saturated rings. The number of piperazine rings is 1. The molecular weight excluding hydrogens is 410 g/mol. The molecule has 0 bridgehead atoms. The van der Waals surface area contributed by atoms with Crippen LogP contribution in [0.15, 0.2) is 41.2 Å². The maximum Gasteiger partial charge on any atom is 0.271 e. The van der Waals surface area contributed by atoms with E-state index in [2.05, 4.69) is 10.3 Å². The number of carbonyl (C=O) groups excluding carboxylic acids is 2. The van der Waals surface area contributed by atoms with Gasteiger partial charge in [0.15, 0.2) is 11.5 Å². The van der Waals surface area contributed by atoms with Gasteiger partial charge in [-0.15, -0.1) is 0 Å². The lowest BCUT2D eigenvalue weighted by Crippen LogP contribution is -2.52. The van der Waals surface area contributed by atoms with Gasteiger partial charge in [0.1, 0.15) is 11.5 Å². The summed E-state index contributed by atoms with van der Waals surface area (Å²) in [7, 11) is 3.16. The predicted molar refractivity (Wildman–Crippen MR) is 121 cm³/mol. The zero-order valence-electron chi connectivity index (χ0n) is 18.3. The molecule has 2 N–H and O–H groups in total. The molecule has 2 heterocycles. The minimum absolute atomic E-state index is 0.153. The number of carbonyl (C=O) groups is 2. The van der Waals surface area contributed by atoms with E-state index in [-0.39, 0.29) is 23.4 Å². The molecule has 9 heteroatoms. The van der Waals surface area contributed by atoms with Crippen molar-refractivity contribution in [2.75, 3.05) is 40.4 Å². The molecule has 0 aromatic heterocycles. The number of methoxy groups -OCH3 is 2. The fraction of sp³-hybridized carbons (Fsp3) is 0.391. The minimum atomic E-state index is -0.366. The normalized spacial score (nSPS) is 19.3. The Morgan fingerprint density at radius 1 is 1.09 bits per heavy atom. The van der Waals surface area contributed by atoms with Gasteiger partial charge in [-0.2, -0.15) is 0 Å². The van der Waals surface area contributed by atoms with E-state index in [1.165, 1.54) is 6.08 Å². The molecule has 1 saturated heterocycles. The van der Waals surface area contributed by atoms with E-state index < -0.39 is 0 Å². The second-order valence-corrected chi connectivity index (χ2v) is 7.89. The molecule has 2 aliphatic heterocycles. The predicted octanol–water partition coefficient (Wildman–Crippen LogP) is 1.66. The van der Waals surface area contributed by atoms with Gasteiger partial charge in [0.25, 0.3) is 5.91 Å². The Morgan fingerprint density at radius 3 is 2.44 bits per heavy atom. The van der Waals surface area contributed by atoms with E-state index in [9.17, 15) is 9.59 Å². The molecule has 2 amide bonds. The van der Waals surface area contributed by atoms with Crippen molar-refractivity contribution in [2.45, 2.75) is 12.8 Å². The molecule has 168 valence electrons. The highest BCUT2D eigenvalue weighted by molar-refractivity contribution is 6.42. The van der Waals surface area contributed by atoms with Crippen molar-refractivity contribution in [1.82, 2.24) is 15.1 Å². The number of ether oxygens (including phenoxy) is 2. The third-order valence-corrected chi connectivity index (χ3v) is 5.73. The van der Waals surface area contributed by atoms with Crippen LogP contribution in [0.3, 0.4) is 0 Å². The molecule has 4 rings (SSSR count). The zero-order valence-corrected chi connectivity index (χ0v) is 18.3. The highest BCUT2D eigenvalue weighted by Gasteiger charge is 2.35. The summed E-state index contributed by atoms with van der Waals surface area (Å²) < 4.78 is 10.6. The number of nitrogens with zero attached hydrogens (tertiary/aromatic N) is 3. The molecule has 1 aromatic rings. The van der Waals surface area contributed by atoms with Crippen LogP contribution in [0.4, 0.5) is 0 Å². The van der Waals surface area contributed by atoms with E-state index in [1.807, 2.05) is 23.1 Å². The summed E-state index contributed by atoms with van der Waals surface area (Å²) in [4.78, 5) is 32.6. The average molecular weight is 438 g/mol. The number of hydrogen-bond acceptors (Lipinski definition) is 7. The smallest absolute Gasteiger partial charge is 0.271 e. The molecule has 1 saturated carbocycles. The van der Waals surface area contributed by atoms with Gasteiger partial charge in [0.2, 0.25) is 5.91 Å². The summed E-state index contributed by atoms with van der Waals surface area (Å²) in [6.45, 7) is 1.92. The van der Waals surface area contributed by atoms with Crippen molar-refractivity contribution in [3.05, 3.63) is 41.7 Å². The van der Waals surface area contributed by atoms with Crippen molar-refractivity contribution in [3.8, 4) is 11.5 Å². The van der Waals surface area contributed by atoms with E-state index in [4.69, 9.17) is 14.9 Å². The Kier molecular flexibility index (Phi) is 6.25. The summed E-state index contributed by atoms with van der Waals surface area (Å²) in [6, 6.07) is 5.54. The third kappa shape index (κ3) is 4.66. The first-order valence-electron chi connectivity index (χ1n) is 10.6. The number of aliphatic imine (C=N–C) groups is 1. The molecule has 1 aliphatic carbocycles. The molecule has 0 unspecified atom stereocenters. The fourth-order valence-corrected chi connectivity index (χ4v) is 3.74. The SMILES string of the molecule is COc1ccc(C2=CC=N/C(=C/C(=N)C(=O)N3CCN(C(=O)C4CC4)CC3)N2)cc1OC. The van der Waals surface area contributed by atoms with Crippen LogP contribution >= 0.6 is 0 Å². The number of nitrogens with one attached hydrogen (secondary N) is 2. The van der Waals surface area contributed by atoms with E-state index in [0.29, 0.717) is 43.5 Å². The molecule has 3 aliphatic rings. The number of amides is 2. The summed E-state index contributed by atoms with van der Waals surface area (Å²) in [5.74, 6) is 1.65. The van der Waals surface area contributed by atoms with Crippen LogP contribution in [0.25, 0.3) is 5.70 Å². The summed E-state index contributed by atoms with van der Waals surface area (Å²) in [5.41, 5.74) is 1.47. The van der Waals surface area contributed by atoms with E-state index >= 15 is 0 Å². The van der Waals surface area contributed by atoms with Crippen LogP contribution in [0, 0.1) is 11.3 Å². The first kappa shape index (κ1) is 21.6. The molecule has 0 spiro atoms. The van der Waals surface area contributed by atoms with Gasteiger partial charge < -0.3 is 24.6 Å². The maximum atomic E-state index is 12.7. The van der Waals surface area contributed by atoms with Gasteiger partial charge in [-0.1, -0.05) is 0 Å². The highest BCUT2D eigenvalue weighted by Crippen LogP contribution is 2.31. The number of rotatable bonds is 6. The van der Waals surface area contributed by atoms with Crippen molar-refractivity contribution in [2.24, 2.45) is 10.9 Å². The van der Waals surface area contributed by atoms with Gasteiger partial charge in [-0.25, -0.2) is 4.99 Å². The Hall–Kier alpha value is -3.62. The van der Waals surface area contributed by atoms with E-state index in [1.54, 1.807) is 31.4 Å². The van der Waals surface area contributed by atoms with Crippen LogP contribution in [0.1, 0.15) is 18.4 Å². The molecule has 0 radical (unpaired) electrons. The quantitative estimate of drug-likeness (QED) is 0.659.